The molecule has 0 aliphatic rings. The number of hydrogen-bond donors (Lipinski definition) is 1. The van der Waals surface area contributed by atoms with Crippen molar-refractivity contribution in [2.45, 2.75) is 26.9 Å². The van der Waals surface area contributed by atoms with E-state index < -0.39 is 6.10 Å². The van der Waals surface area contributed by atoms with Crippen LogP contribution in [0.15, 0.2) is 48.5 Å². The highest BCUT2D eigenvalue weighted by Crippen LogP contribution is 2.20. The number of anilines is 1. The van der Waals surface area contributed by atoms with Gasteiger partial charge < -0.3 is 15.0 Å². The maximum absolute atomic E-state index is 12.2. The van der Waals surface area contributed by atoms with Crippen molar-refractivity contribution in [1.82, 2.24) is 5.32 Å². The van der Waals surface area contributed by atoms with Crippen molar-refractivity contribution in [3.8, 4) is 5.75 Å². The molecule has 2 aromatic carbocycles. The van der Waals surface area contributed by atoms with Crippen molar-refractivity contribution in [1.29, 1.82) is 0 Å². The molecule has 1 amide bonds. The first kappa shape index (κ1) is 17.9. The van der Waals surface area contributed by atoms with Crippen LogP contribution in [-0.4, -0.2) is 32.1 Å². The first-order chi connectivity index (χ1) is 11.5. The van der Waals surface area contributed by atoms with Gasteiger partial charge in [-0.15, -0.1) is 0 Å². The minimum Gasteiger partial charge on any atom is -0.481 e. The van der Waals surface area contributed by atoms with E-state index in [1.54, 1.807) is 6.92 Å². The van der Waals surface area contributed by atoms with E-state index >= 15 is 0 Å². The zero-order valence-corrected chi connectivity index (χ0v) is 14.9. The van der Waals surface area contributed by atoms with Crippen LogP contribution in [0.5, 0.6) is 5.75 Å². The molecule has 0 bridgehead atoms. The number of hydrogen-bond acceptors (Lipinski definition) is 3. The predicted molar refractivity (Wildman–Crippen MR) is 98.7 cm³/mol. The Labute approximate surface area is 144 Å². The number of carbonyl (C=O) groups is 1. The average Bonchev–Trinajstić information content (AvgIpc) is 2.58. The second kappa shape index (κ2) is 8.39. The lowest BCUT2D eigenvalue weighted by atomic mass is 10.1. The van der Waals surface area contributed by atoms with Crippen LogP contribution in [0, 0.1) is 13.8 Å². The lowest BCUT2D eigenvalue weighted by Crippen LogP contribution is -2.40. The third-order valence-electron chi connectivity index (χ3n) is 3.96. The minimum atomic E-state index is -0.521. The molecule has 0 radical (unpaired) electrons. The molecule has 0 aliphatic heterocycles. The Kier molecular flexibility index (Phi) is 6.24. The summed E-state index contributed by atoms with van der Waals surface area (Å²) in [6.07, 6.45) is -0.521. The second-order valence-electron chi connectivity index (χ2n) is 6.08. The van der Waals surface area contributed by atoms with Gasteiger partial charge in [-0.05, 0) is 50.1 Å². The Morgan fingerprint density at radius 1 is 1.17 bits per heavy atom. The summed E-state index contributed by atoms with van der Waals surface area (Å²) >= 11 is 0. The molecule has 0 fully saturated rings. The van der Waals surface area contributed by atoms with Gasteiger partial charge in [-0.3, -0.25) is 4.79 Å². The van der Waals surface area contributed by atoms with E-state index in [4.69, 9.17) is 4.74 Å². The molecule has 1 atom stereocenters. The summed E-state index contributed by atoms with van der Waals surface area (Å²) in [5.41, 5.74) is 3.28. The standard InChI is InChI=1S/C20H26N2O2/c1-15-10-11-16(2)19(14-15)24-17(3)20(23)21-12-13-22(4)18-8-6-5-7-9-18/h5-11,14,17H,12-13H2,1-4H3,(H,21,23). The number of nitrogens with zero attached hydrogens (tertiary/aromatic N) is 1. The maximum atomic E-state index is 12.2. The number of benzene rings is 2. The van der Waals surface area contributed by atoms with Crippen molar-refractivity contribution in [3.05, 3.63) is 59.7 Å². The molecule has 2 rings (SSSR count). The fourth-order valence-electron chi connectivity index (χ4n) is 2.38. The summed E-state index contributed by atoms with van der Waals surface area (Å²) in [5, 5.41) is 2.93. The Balaban J connectivity index is 1.80. The molecule has 24 heavy (non-hydrogen) atoms. The van der Waals surface area contributed by atoms with Crippen LogP contribution in [0.25, 0.3) is 0 Å². The molecule has 128 valence electrons. The van der Waals surface area contributed by atoms with Crippen molar-refractivity contribution < 1.29 is 9.53 Å². The van der Waals surface area contributed by atoms with Crippen LogP contribution in [-0.2, 0) is 4.79 Å². The SMILES string of the molecule is Cc1ccc(C)c(OC(C)C(=O)NCCN(C)c2ccccc2)c1. The molecule has 0 aliphatic carbocycles. The molecule has 0 spiro atoms. The molecule has 1 N–H and O–H groups in total. The number of likely N-dealkylation sites (N-methyl/N-ethyl adjacent to an activating group) is 1. The van der Waals surface area contributed by atoms with Gasteiger partial charge in [0.1, 0.15) is 5.75 Å². The third kappa shape index (κ3) is 5.01. The van der Waals surface area contributed by atoms with E-state index in [1.165, 1.54) is 0 Å². The van der Waals surface area contributed by atoms with Crippen LogP contribution >= 0.6 is 0 Å². The molecule has 0 saturated heterocycles. The van der Waals surface area contributed by atoms with E-state index in [2.05, 4.69) is 10.2 Å². The topological polar surface area (TPSA) is 41.6 Å². The van der Waals surface area contributed by atoms with Crippen LogP contribution < -0.4 is 15.0 Å². The third-order valence-corrected chi connectivity index (χ3v) is 3.96. The highest BCUT2D eigenvalue weighted by atomic mass is 16.5. The predicted octanol–water partition coefficient (Wildman–Crippen LogP) is 3.32. The van der Waals surface area contributed by atoms with Crippen molar-refractivity contribution in [3.63, 3.8) is 0 Å². The van der Waals surface area contributed by atoms with Gasteiger partial charge >= 0.3 is 0 Å². The first-order valence-electron chi connectivity index (χ1n) is 8.25. The molecular weight excluding hydrogens is 300 g/mol. The highest BCUT2D eigenvalue weighted by Gasteiger charge is 2.15. The molecule has 0 aromatic heterocycles. The van der Waals surface area contributed by atoms with Crippen molar-refractivity contribution in [2.75, 3.05) is 25.0 Å². The summed E-state index contributed by atoms with van der Waals surface area (Å²) in [4.78, 5) is 14.3. The maximum Gasteiger partial charge on any atom is 0.260 e. The molecule has 0 heterocycles. The number of rotatable bonds is 7. The number of nitrogens with one attached hydrogen (secondary N) is 1. The van der Waals surface area contributed by atoms with Gasteiger partial charge in [0.25, 0.3) is 5.91 Å². The molecule has 0 saturated carbocycles. The molecule has 4 nitrogen and oxygen atoms in total. The monoisotopic (exact) mass is 326 g/mol. The van der Waals surface area contributed by atoms with Gasteiger partial charge in [0.15, 0.2) is 6.10 Å². The van der Waals surface area contributed by atoms with Gasteiger partial charge in [0.2, 0.25) is 0 Å². The van der Waals surface area contributed by atoms with Crippen molar-refractivity contribution in [2.24, 2.45) is 0 Å². The largest absolute Gasteiger partial charge is 0.481 e. The molecule has 2 aromatic rings. The Morgan fingerprint density at radius 3 is 2.58 bits per heavy atom. The van der Waals surface area contributed by atoms with Gasteiger partial charge in [0, 0.05) is 25.8 Å². The van der Waals surface area contributed by atoms with Crippen LogP contribution in [0.2, 0.25) is 0 Å². The van der Waals surface area contributed by atoms with Gasteiger partial charge in [-0.1, -0.05) is 30.3 Å². The van der Waals surface area contributed by atoms with E-state index in [1.807, 2.05) is 69.4 Å². The summed E-state index contributed by atoms with van der Waals surface area (Å²) in [6, 6.07) is 16.1. The molecule has 4 heteroatoms. The van der Waals surface area contributed by atoms with Gasteiger partial charge in [0.05, 0.1) is 0 Å². The Bertz CT molecular complexity index is 671. The van der Waals surface area contributed by atoms with E-state index in [0.29, 0.717) is 6.54 Å². The minimum absolute atomic E-state index is 0.0997. The lowest BCUT2D eigenvalue weighted by Gasteiger charge is -2.21. The number of amides is 1. The van der Waals surface area contributed by atoms with E-state index in [9.17, 15) is 4.79 Å². The summed E-state index contributed by atoms with van der Waals surface area (Å²) in [6.45, 7) is 7.08. The Hall–Kier alpha value is -2.49. The fraction of sp³-hybridized carbons (Fsp3) is 0.350. The normalized spacial score (nSPS) is 11.7. The highest BCUT2D eigenvalue weighted by molar-refractivity contribution is 5.80. The number of para-hydroxylation sites is 1. The van der Waals surface area contributed by atoms with Crippen LogP contribution in [0.3, 0.4) is 0 Å². The molecule has 1 unspecified atom stereocenters. The summed E-state index contributed by atoms with van der Waals surface area (Å²) in [7, 11) is 2.01. The number of carbonyl (C=O) groups excluding carboxylic acids is 1. The molecular formula is C20H26N2O2. The lowest BCUT2D eigenvalue weighted by molar-refractivity contribution is -0.127. The van der Waals surface area contributed by atoms with Gasteiger partial charge in [-0.2, -0.15) is 0 Å². The van der Waals surface area contributed by atoms with Gasteiger partial charge in [-0.25, -0.2) is 0 Å². The summed E-state index contributed by atoms with van der Waals surface area (Å²) < 4.78 is 5.80. The average molecular weight is 326 g/mol. The smallest absolute Gasteiger partial charge is 0.260 e. The summed E-state index contributed by atoms with van der Waals surface area (Å²) in [5.74, 6) is 0.663. The number of ether oxygens (including phenoxy) is 1. The fourth-order valence-corrected chi connectivity index (χ4v) is 2.38. The van der Waals surface area contributed by atoms with Crippen molar-refractivity contribution >= 4 is 11.6 Å². The first-order valence-corrected chi connectivity index (χ1v) is 8.25. The van der Waals surface area contributed by atoms with E-state index in [-0.39, 0.29) is 5.91 Å². The second-order valence-corrected chi connectivity index (χ2v) is 6.08. The Morgan fingerprint density at radius 2 is 1.88 bits per heavy atom. The zero-order chi connectivity index (χ0) is 17.5. The van der Waals surface area contributed by atoms with Crippen LogP contribution in [0.4, 0.5) is 5.69 Å². The zero-order valence-electron chi connectivity index (χ0n) is 14.9. The quantitative estimate of drug-likeness (QED) is 0.848. The number of aryl methyl sites for hydroxylation is 2. The van der Waals surface area contributed by atoms with E-state index in [0.717, 1.165) is 29.1 Å². The van der Waals surface area contributed by atoms with Crippen LogP contribution in [0.1, 0.15) is 18.1 Å².